The smallest absolute Gasteiger partial charge is 0.0353 e. The summed E-state index contributed by atoms with van der Waals surface area (Å²) in [5, 5.41) is 0. The van der Waals surface area contributed by atoms with E-state index in [-0.39, 0.29) is 5.54 Å². The Morgan fingerprint density at radius 2 is 1.78 bits per heavy atom. The minimum Gasteiger partial charge on any atom is -0.265 e. The predicted octanol–water partition coefficient (Wildman–Crippen LogP) is 1.53. The highest BCUT2D eigenvalue weighted by molar-refractivity contribution is 7.13. The fourth-order valence-corrected chi connectivity index (χ4v) is 0.980. The molecule has 0 saturated carbocycles. The Kier molecular flexibility index (Phi) is 3.64. The quantitative estimate of drug-likeness (QED) is 0.373. The molecule has 0 spiro atoms. The monoisotopic (exact) mass is 148 g/mol. The standard InChI is InChI=1S/C6H17N2P/c1-4-6(3,5-2)8(7)9/h4-5,7,9H2,1-3H3. The van der Waals surface area contributed by atoms with E-state index in [2.05, 4.69) is 30.2 Å². The summed E-state index contributed by atoms with van der Waals surface area (Å²) in [5.74, 6) is 5.59. The molecule has 2 N–H and O–H groups in total. The second kappa shape index (κ2) is 3.50. The van der Waals surface area contributed by atoms with E-state index in [1.54, 1.807) is 4.78 Å². The fraction of sp³-hybridized carbons (Fsp3) is 1.00. The summed E-state index contributed by atoms with van der Waals surface area (Å²) in [7, 11) is 2.50. The van der Waals surface area contributed by atoms with E-state index in [0.717, 1.165) is 12.8 Å². The van der Waals surface area contributed by atoms with Gasteiger partial charge in [0.1, 0.15) is 0 Å². The normalized spacial score (nSPS) is 12.7. The Bertz CT molecular complexity index is 79.1. The zero-order chi connectivity index (χ0) is 7.49. The Labute approximate surface area is 60.0 Å². The van der Waals surface area contributed by atoms with Crippen molar-refractivity contribution in [3.63, 3.8) is 0 Å². The molecule has 0 amide bonds. The van der Waals surface area contributed by atoms with Crippen LogP contribution in [0.1, 0.15) is 33.6 Å². The van der Waals surface area contributed by atoms with Crippen LogP contribution in [0.25, 0.3) is 0 Å². The third-order valence-corrected chi connectivity index (χ3v) is 2.77. The third-order valence-electron chi connectivity index (χ3n) is 2.15. The highest BCUT2D eigenvalue weighted by Gasteiger charge is 2.22. The summed E-state index contributed by atoms with van der Waals surface area (Å²) in [6.07, 6.45) is 2.17. The van der Waals surface area contributed by atoms with Gasteiger partial charge in [-0.05, 0) is 29.2 Å². The van der Waals surface area contributed by atoms with Crippen LogP contribution in [0, 0.1) is 0 Å². The second-order valence-electron chi connectivity index (χ2n) is 2.61. The van der Waals surface area contributed by atoms with E-state index in [0.29, 0.717) is 0 Å². The maximum Gasteiger partial charge on any atom is 0.0353 e. The minimum atomic E-state index is 0.157. The highest BCUT2D eigenvalue weighted by Crippen LogP contribution is 2.22. The first kappa shape index (κ1) is 9.35. The molecule has 1 unspecified atom stereocenters. The van der Waals surface area contributed by atoms with Crippen molar-refractivity contribution in [2.75, 3.05) is 0 Å². The van der Waals surface area contributed by atoms with E-state index in [1.165, 1.54) is 0 Å². The van der Waals surface area contributed by atoms with Crippen LogP contribution < -0.4 is 5.84 Å². The van der Waals surface area contributed by atoms with Gasteiger partial charge in [-0.2, -0.15) is 0 Å². The zero-order valence-electron chi connectivity index (χ0n) is 6.52. The van der Waals surface area contributed by atoms with Gasteiger partial charge in [-0.25, -0.2) is 4.78 Å². The minimum absolute atomic E-state index is 0.157. The van der Waals surface area contributed by atoms with Crippen molar-refractivity contribution in [2.24, 2.45) is 5.84 Å². The molecule has 0 fully saturated rings. The van der Waals surface area contributed by atoms with Crippen LogP contribution in [0.2, 0.25) is 0 Å². The molecule has 0 bridgehead atoms. The van der Waals surface area contributed by atoms with Gasteiger partial charge in [-0.1, -0.05) is 13.8 Å². The average Bonchev–Trinajstić information content (AvgIpc) is 1.86. The molecule has 0 saturated heterocycles. The van der Waals surface area contributed by atoms with Crippen molar-refractivity contribution >= 4 is 9.39 Å². The van der Waals surface area contributed by atoms with Crippen LogP contribution in [0.5, 0.6) is 0 Å². The Hall–Kier alpha value is 0.350. The largest absolute Gasteiger partial charge is 0.265 e. The van der Waals surface area contributed by atoms with Crippen LogP contribution >= 0.6 is 9.39 Å². The molecule has 0 aromatic heterocycles. The van der Waals surface area contributed by atoms with Gasteiger partial charge in [0.25, 0.3) is 0 Å². The lowest BCUT2D eigenvalue weighted by molar-refractivity contribution is 0.211. The molecule has 0 aromatic carbocycles. The molecule has 0 rings (SSSR count). The molecule has 0 aliphatic carbocycles. The number of hydrogen-bond acceptors (Lipinski definition) is 2. The third kappa shape index (κ3) is 2.21. The molecule has 56 valence electrons. The van der Waals surface area contributed by atoms with Crippen molar-refractivity contribution in [3.8, 4) is 0 Å². The first-order valence-electron chi connectivity index (χ1n) is 3.36. The van der Waals surface area contributed by atoms with Crippen LogP contribution in [0.4, 0.5) is 0 Å². The first-order chi connectivity index (χ1) is 4.06. The van der Waals surface area contributed by atoms with E-state index in [1.807, 2.05) is 0 Å². The van der Waals surface area contributed by atoms with Crippen LogP contribution in [-0.4, -0.2) is 10.3 Å². The Morgan fingerprint density at radius 3 is 1.78 bits per heavy atom. The molecule has 3 heteroatoms. The van der Waals surface area contributed by atoms with E-state index in [4.69, 9.17) is 5.84 Å². The highest BCUT2D eigenvalue weighted by atomic mass is 31.0. The van der Waals surface area contributed by atoms with Crippen LogP contribution in [-0.2, 0) is 0 Å². The molecule has 0 aliphatic rings. The first-order valence-corrected chi connectivity index (χ1v) is 3.88. The number of nitrogens with two attached hydrogens (primary N) is 1. The lowest BCUT2D eigenvalue weighted by atomic mass is 9.97. The summed E-state index contributed by atoms with van der Waals surface area (Å²) in [4.78, 5) is 0. The summed E-state index contributed by atoms with van der Waals surface area (Å²) >= 11 is 0. The molecular formula is C6H17N2P. The predicted molar refractivity (Wildman–Crippen MR) is 44.7 cm³/mol. The number of rotatable bonds is 3. The van der Waals surface area contributed by atoms with Crippen molar-refractivity contribution in [3.05, 3.63) is 0 Å². The van der Waals surface area contributed by atoms with Crippen molar-refractivity contribution < 1.29 is 0 Å². The van der Waals surface area contributed by atoms with E-state index >= 15 is 0 Å². The van der Waals surface area contributed by atoms with Crippen molar-refractivity contribution in [1.82, 2.24) is 4.78 Å². The molecule has 1 atom stereocenters. The van der Waals surface area contributed by atoms with Gasteiger partial charge in [-0.15, -0.1) is 0 Å². The van der Waals surface area contributed by atoms with E-state index < -0.39 is 0 Å². The lowest BCUT2D eigenvalue weighted by Gasteiger charge is -2.33. The Balaban J connectivity index is 3.92. The van der Waals surface area contributed by atoms with Crippen LogP contribution in [0.15, 0.2) is 0 Å². The van der Waals surface area contributed by atoms with Crippen LogP contribution in [0.3, 0.4) is 0 Å². The fourth-order valence-electron chi connectivity index (χ4n) is 0.615. The van der Waals surface area contributed by atoms with Gasteiger partial charge < -0.3 is 0 Å². The van der Waals surface area contributed by atoms with Gasteiger partial charge >= 0.3 is 0 Å². The van der Waals surface area contributed by atoms with Crippen molar-refractivity contribution in [1.29, 1.82) is 0 Å². The van der Waals surface area contributed by atoms with Gasteiger partial charge in [0, 0.05) is 5.54 Å². The average molecular weight is 148 g/mol. The van der Waals surface area contributed by atoms with Gasteiger partial charge in [-0.3, -0.25) is 5.84 Å². The summed E-state index contributed by atoms with van der Waals surface area (Å²) in [6.45, 7) is 6.45. The maximum absolute atomic E-state index is 5.59. The zero-order valence-corrected chi connectivity index (χ0v) is 7.67. The molecular weight excluding hydrogens is 131 g/mol. The van der Waals surface area contributed by atoms with Gasteiger partial charge in [0.2, 0.25) is 0 Å². The second-order valence-corrected chi connectivity index (χ2v) is 3.17. The lowest BCUT2D eigenvalue weighted by Crippen LogP contribution is -2.43. The number of nitrogens with zero attached hydrogens (tertiary/aromatic N) is 1. The van der Waals surface area contributed by atoms with Crippen molar-refractivity contribution in [2.45, 2.75) is 39.2 Å². The summed E-state index contributed by atoms with van der Waals surface area (Å²) < 4.78 is 1.72. The molecule has 0 radical (unpaired) electrons. The van der Waals surface area contributed by atoms with Gasteiger partial charge in [0.15, 0.2) is 0 Å². The molecule has 0 aliphatic heterocycles. The molecule has 2 nitrogen and oxygen atoms in total. The summed E-state index contributed by atoms with van der Waals surface area (Å²) in [6, 6.07) is 0. The molecule has 0 aromatic rings. The topological polar surface area (TPSA) is 29.3 Å². The Morgan fingerprint density at radius 1 is 1.44 bits per heavy atom. The maximum atomic E-state index is 5.59. The summed E-state index contributed by atoms with van der Waals surface area (Å²) in [5.41, 5.74) is 0.157. The SMILES string of the molecule is CCC(C)(CC)N(N)P. The van der Waals surface area contributed by atoms with Gasteiger partial charge in [0.05, 0.1) is 0 Å². The number of hydrogen-bond donors (Lipinski definition) is 1. The molecule has 0 heterocycles. The number of hydrazine groups is 1. The molecule has 9 heavy (non-hydrogen) atoms. The van der Waals surface area contributed by atoms with E-state index in [9.17, 15) is 0 Å².